The molecule has 0 radical (unpaired) electrons. The summed E-state index contributed by atoms with van der Waals surface area (Å²) in [7, 11) is 3.13. The normalized spacial score (nSPS) is 15.6. The fraction of sp³-hybridized carbons (Fsp3) is 0.423. The first-order chi connectivity index (χ1) is 16.9. The summed E-state index contributed by atoms with van der Waals surface area (Å²) in [6.07, 6.45) is 4.03. The number of carboxylic acids is 1. The van der Waals surface area contributed by atoms with Crippen LogP contribution in [0.4, 0.5) is 0 Å². The number of nitriles is 1. The number of aliphatic hydroxyl groups is 1. The minimum atomic E-state index is -1.21. The molecule has 184 valence electrons. The molecular formula is C26H29N3O6. The van der Waals surface area contributed by atoms with E-state index in [1.165, 1.54) is 6.07 Å². The van der Waals surface area contributed by atoms with Gasteiger partial charge in [-0.2, -0.15) is 10.4 Å². The monoisotopic (exact) mass is 479 g/mol. The van der Waals surface area contributed by atoms with Crippen LogP contribution in [0.15, 0.2) is 30.5 Å². The SMILES string of the molecule is COc1cc([C@@H](O)[C@H](Cn2cc3ccc(C#N)c(C(=O)O)c3n2)OC2CCCC2)cc(OC)c1C. The van der Waals surface area contributed by atoms with Gasteiger partial charge < -0.3 is 24.4 Å². The van der Waals surface area contributed by atoms with Crippen LogP contribution < -0.4 is 9.47 Å². The summed E-state index contributed by atoms with van der Waals surface area (Å²) in [6, 6.07) is 8.61. The molecule has 1 fully saturated rings. The molecule has 1 heterocycles. The third-order valence-electron chi connectivity index (χ3n) is 6.56. The van der Waals surface area contributed by atoms with Gasteiger partial charge in [-0.1, -0.05) is 12.8 Å². The Bertz CT molecular complexity index is 1250. The van der Waals surface area contributed by atoms with E-state index < -0.39 is 18.2 Å². The fourth-order valence-electron chi connectivity index (χ4n) is 4.71. The molecule has 1 saturated carbocycles. The summed E-state index contributed by atoms with van der Waals surface area (Å²) in [6.45, 7) is 2.07. The van der Waals surface area contributed by atoms with Gasteiger partial charge in [0.15, 0.2) is 0 Å². The van der Waals surface area contributed by atoms with Crippen LogP contribution in [0.3, 0.4) is 0 Å². The van der Waals surface area contributed by atoms with Gasteiger partial charge >= 0.3 is 5.97 Å². The minimum Gasteiger partial charge on any atom is -0.496 e. The highest BCUT2D eigenvalue weighted by atomic mass is 16.5. The highest BCUT2D eigenvalue weighted by Gasteiger charge is 2.29. The smallest absolute Gasteiger partial charge is 0.339 e. The summed E-state index contributed by atoms with van der Waals surface area (Å²) in [5, 5.41) is 35.4. The Kier molecular flexibility index (Phi) is 7.24. The van der Waals surface area contributed by atoms with Gasteiger partial charge in [0.05, 0.1) is 32.4 Å². The number of ether oxygens (including phenoxy) is 3. The van der Waals surface area contributed by atoms with Crippen molar-refractivity contribution in [3.05, 3.63) is 52.7 Å². The first-order valence-corrected chi connectivity index (χ1v) is 11.6. The van der Waals surface area contributed by atoms with Crippen molar-refractivity contribution in [1.82, 2.24) is 9.78 Å². The summed E-state index contributed by atoms with van der Waals surface area (Å²) >= 11 is 0. The van der Waals surface area contributed by atoms with Crippen molar-refractivity contribution in [1.29, 1.82) is 5.26 Å². The Morgan fingerprint density at radius 3 is 2.46 bits per heavy atom. The molecule has 9 heteroatoms. The quantitative estimate of drug-likeness (QED) is 0.472. The van der Waals surface area contributed by atoms with Gasteiger partial charge in [-0.3, -0.25) is 4.68 Å². The maximum Gasteiger partial charge on any atom is 0.339 e. The van der Waals surface area contributed by atoms with E-state index in [4.69, 9.17) is 14.2 Å². The molecule has 1 aliphatic carbocycles. The zero-order valence-electron chi connectivity index (χ0n) is 20.0. The van der Waals surface area contributed by atoms with Crippen LogP contribution in [0.5, 0.6) is 11.5 Å². The van der Waals surface area contributed by atoms with Gasteiger partial charge in [0, 0.05) is 17.1 Å². The molecule has 0 saturated heterocycles. The number of aromatic nitrogens is 2. The van der Waals surface area contributed by atoms with Crippen molar-refractivity contribution < 1.29 is 29.2 Å². The van der Waals surface area contributed by atoms with Crippen LogP contribution >= 0.6 is 0 Å². The number of methoxy groups -OCH3 is 2. The number of hydrogen-bond donors (Lipinski definition) is 2. The van der Waals surface area contributed by atoms with Gasteiger partial charge in [-0.15, -0.1) is 0 Å². The van der Waals surface area contributed by atoms with Crippen LogP contribution in [-0.2, 0) is 11.3 Å². The average Bonchev–Trinajstić information content (AvgIpc) is 3.51. The molecule has 1 aromatic heterocycles. The Morgan fingerprint density at radius 2 is 1.89 bits per heavy atom. The predicted octanol–water partition coefficient (Wildman–Crippen LogP) is 3.99. The first kappa shape index (κ1) is 24.5. The third kappa shape index (κ3) is 4.94. The number of fused-ring (bicyclic) bond motifs is 1. The lowest BCUT2D eigenvalue weighted by Gasteiger charge is -2.27. The number of rotatable bonds is 9. The van der Waals surface area contributed by atoms with Crippen molar-refractivity contribution in [2.75, 3.05) is 14.2 Å². The molecule has 35 heavy (non-hydrogen) atoms. The molecule has 2 aromatic carbocycles. The van der Waals surface area contributed by atoms with Gasteiger partial charge in [-0.05, 0) is 49.6 Å². The summed E-state index contributed by atoms with van der Waals surface area (Å²) in [4.78, 5) is 11.8. The maximum absolute atomic E-state index is 11.8. The van der Waals surface area contributed by atoms with Crippen LogP contribution in [0, 0.1) is 18.3 Å². The number of nitrogens with zero attached hydrogens (tertiary/aromatic N) is 3. The maximum atomic E-state index is 11.8. The van der Waals surface area contributed by atoms with Crippen molar-refractivity contribution in [2.24, 2.45) is 0 Å². The highest BCUT2D eigenvalue weighted by Crippen LogP contribution is 2.35. The summed E-state index contributed by atoms with van der Waals surface area (Å²) < 4.78 is 18.9. The van der Waals surface area contributed by atoms with E-state index in [0.29, 0.717) is 22.4 Å². The van der Waals surface area contributed by atoms with E-state index in [2.05, 4.69) is 5.10 Å². The van der Waals surface area contributed by atoms with Gasteiger partial charge in [0.25, 0.3) is 0 Å². The van der Waals surface area contributed by atoms with E-state index in [9.17, 15) is 20.3 Å². The Labute approximate surface area is 203 Å². The Balaban J connectivity index is 1.71. The van der Waals surface area contributed by atoms with Crippen molar-refractivity contribution in [3.63, 3.8) is 0 Å². The lowest BCUT2D eigenvalue weighted by Crippen LogP contribution is -2.31. The lowest BCUT2D eigenvalue weighted by atomic mass is 10.0. The molecule has 0 amide bonds. The molecule has 9 nitrogen and oxygen atoms in total. The van der Waals surface area contributed by atoms with E-state index in [0.717, 1.165) is 31.2 Å². The number of aromatic carboxylic acids is 1. The predicted molar refractivity (Wildman–Crippen MR) is 128 cm³/mol. The average molecular weight is 480 g/mol. The van der Waals surface area contributed by atoms with Crippen LogP contribution in [0.2, 0.25) is 0 Å². The van der Waals surface area contributed by atoms with Gasteiger partial charge in [0.2, 0.25) is 0 Å². The number of aliphatic hydroxyl groups excluding tert-OH is 1. The standard InChI is InChI=1S/C26H29N3O6/c1-15-20(33-2)10-18(11-21(15)34-3)25(30)22(35-19-6-4-5-7-19)14-29-13-17-9-8-16(12-27)23(26(31)32)24(17)28-29/h8-11,13,19,22,25,30H,4-7,14H2,1-3H3,(H,31,32)/t22-,25+/m0/s1. The molecule has 1 aliphatic rings. The second kappa shape index (κ2) is 10.3. The van der Waals surface area contributed by atoms with Crippen molar-refractivity contribution in [3.8, 4) is 17.6 Å². The van der Waals surface area contributed by atoms with Crippen LogP contribution in [0.25, 0.3) is 10.9 Å². The van der Waals surface area contributed by atoms with Gasteiger partial charge in [0.1, 0.15) is 40.9 Å². The molecule has 0 spiro atoms. The Hall–Kier alpha value is -3.61. The van der Waals surface area contributed by atoms with Crippen LogP contribution in [-0.4, -0.2) is 52.4 Å². The lowest BCUT2D eigenvalue weighted by molar-refractivity contribution is -0.0845. The Morgan fingerprint density at radius 1 is 1.23 bits per heavy atom. The van der Waals surface area contributed by atoms with Gasteiger partial charge in [-0.25, -0.2) is 4.79 Å². The van der Waals surface area contributed by atoms with E-state index in [-0.39, 0.29) is 29.3 Å². The molecule has 0 unspecified atom stereocenters. The topological polar surface area (TPSA) is 127 Å². The van der Waals surface area contributed by atoms with E-state index in [1.54, 1.807) is 43.3 Å². The number of carbonyl (C=O) groups is 1. The second-order valence-electron chi connectivity index (χ2n) is 8.77. The molecule has 0 bridgehead atoms. The highest BCUT2D eigenvalue weighted by molar-refractivity contribution is 6.04. The number of hydrogen-bond acceptors (Lipinski definition) is 7. The molecule has 3 aromatic rings. The molecular weight excluding hydrogens is 450 g/mol. The zero-order chi connectivity index (χ0) is 25.1. The zero-order valence-corrected chi connectivity index (χ0v) is 20.0. The van der Waals surface area contributed by atoms with Crippen LogP contribution in [0.1, 0.15) is 58.8 Å². The minimum absolute atomic E-state index is 0.0219. The first-order valence-electron chi connectivity index (χ1n) is 11.6. The van der Waals surface area contributed by atoms with E-state index in [1.807, 2.05) is 13.0 Å². The molecule has 2 N–H and O–H groups in total. The third-order valence-corrected chi connectivity index (χ3v) is 6.56. The largest absolute Gasteiger partial charge is 0.496 e. The van der Waals surface area contributed by atoms with E-state index >= 15 is 0 Å². The molecule has 2 atom stereocenters. The number of carboxylic acid groups (broad SMARTS) is 1. The van der Waals surface area contributed by atoms with Crippen molar-refractivity contribution in [2.45, 2.75) is 57.5 Å². The summed E-state index contributed by atoms with van der Waals surface area (Å²) in [5.41, 5.74) is 1.55. The number of benzene rings is 2. The summed E-state index contributed by atoms with van der Waals surface area (Å²) in [5.74, 6) is -0.0222. The fourth-order valence-corrected chi connectivity index (χ4v) is 4.71. The second-order valence-corrected chi connectivity index (χ2v) is 8.77. The molecule has 4 rings (SSSR count). The van der Waals surface area contributed by atoms with Crippen molar-refractivity contribution >= 4 is 16.9 Å². The molecule has 0 aliphatic heterocycles.